The lowest BCUT2D eigenvalue weighted by molar-refractivity contribution is 0.185. The maximum Gasteiger partial charge on any atom is 0.0713 e. The molecule has 2 rings (SSSR count). The first-order valence-electron chi connectivity index (χ1n) is 6.45. The third-order valence-corrected chi connectivity index (χ3v) is 3.32. The Hall–Kier alpha value is -1.65. The van der Waals surface area contributed by atoms with Crippen LogP contribution in [0.3, 0.4) is 0 Å². The summed E-state index contributed by atoms with van der Waals surface area (Å²) in [5.74, 6) is 0. The van der Waals surface area contributed by atoms with Crippen molar-refractivity contribution in [1.29, 1.82) is 0 Å². The summed E-state index contributed by atoms with van der Waals surface area (Å²) >= 11 is 0. The van der Waals surface area contributed by atoms with Crippen LogP contribution in [0.4, 0.5) is 0 Å². The fraction of sp³-hybridized carbons (Fsp3) is 0.400. The lowest BCUT2D eigenvalue weighted by Gasteiger charge is -2.06. The van der Waals surface area contributed by atoms with Gasteiger partial charge in [0, 0.05) is 38.5 Å². The minimum Gasteiger partial charge on any atom is -0.380 e. The first-order chi connectivity index (χ1) is 9.20. The van der Waals surface area contributed by atoms with Crippen molar-refractivity contribution in [2.75, 3.05) is 7.11 Å². The van der Waals surface area contributed by atoms with Crippen LogP contribution in [0.5, 0.6) is 0 Å². The summed E-state index contributed by atoms with van der Waals surface area (Å²) in [4.78, 5) is 0. The summed E-state index contributed by atoms with van der Waals surface area (Å²) < 4.78 is 7.00. The molecule has 1 heterocycles. The van der Waals surface area contributed by atoms with E-state index in [1.807, 2.05) is 17.9 Å². The highest BCUT2D eigenvalue weighted by atomic mass is 16.5. The Labute approximate surface area is 114 Å². The van der Waals surface area contributed by atoms with E-state index >= 15 is 0 Å². The number of hydrogen-bond donors (Lipinski definition) is 1. The smallest absolute Gasteiger partial charge is 0.0713 e. The van der Waals surface area contributed by atoms with Crippen molar-refractivity contribution >= 4 is 0 Å². The molecule has 102 valence electrons. The summed E-state index contributed by atoms with van der Waals surface area (Å²) in [5, 5.41) is 7.68. The molecule has 1 N–H and O–H groups in total. The van der Waals surface area contributed by atoms with Gasteiger partial charge in [0.05, 0.1) is 12.8 Å². The van der Waals surface area contributed by atoms with Crippen molar-refractivity contribution in [3.63, 3.8) is 0 Å². The Morgan fingerprint density at radius 2 is 1.84 bits per heavy atom. The fourth-order valence-electron chi connectivity index (χ4n) is 1.98. The second-order valence-corrected chi connectivity index (χ2v) is 4.73. The molecular formula is C15H21N3O. The first-order valence-corrected chi connectivity index (χ1v) is 6.45. The molecule has 0 radical (unpaired) electrons. The molecule has 0 fully saturated rings. The van der Waals surface area contributed by atoms with Gasteiger partial charge in [0.1, 0.15) is 0 Å². The van der Waals surface area contributed by atoms with Crippen molar-refractivity contribution in [3.8, 4) is 0 Å². The Balaban J connectivity index is 1.84. The SMILES string of the molecule is COCc1ccc(CNCc2cnn(C)c2C)cc1. The molecule has 1 aromatic heterocycles. The van der Waals surface area contributed by atoms with E-state index in [0.717, 1.165) is 13.1 Å². The summed E-state index contributed by atoms with van der Waals surface area (Å²) in [6.07, 6.45) is 1.92. The highest BCUT2D eigenvalue weighted by Crippen LogP contribution is 2.07. The zero-order valence-electron chi connectivity index (χ0n) is 11.8. The second kappa shape index (κ2) is 6.50. The van der Waals surface area contributed by atoms with Gasteiger partial charge in [0.2, 0.25) is 0 Å². The number of benzene rings is 1. The first kappa shape index (κ1) is 13.8. The van der Waals surface area contributed by atoms with Crippen LogP contribution in [0.1, 0.15) is 22.4 Å². The normalized spacial score (nSPS) is 10.9. The van der Waals surface area contributed by atoms with Gasteiger partial charge in [-0.2, -0.15) is 5.10 Å². The standard InChI is InChI=1S/C15H21N3O/c1-12-15(10-17-18(12)2)9-16-8-13-4-6-14(7-5-13)11-19-3/h4-7,10,16H,8-9,11H2,1-3H3. The molecule has 0 bridgehead atoms. The van der Waals surface area contributed by atoms with E-state index in [4.69, 9.17) is 4.74 Å². The van der Waals surface area contributed by atoms with Gasteiger partial charge >= 0.3 is 0 Å². The molecule has 0 atom stereocenters. The number of aromatic nitrogens is 2. The molecular weight excluding hydrogens is 238 g/mol. The summed E-state index contributed by atoms with van der Waals surface area (Å²) in [6.45, 7) is 4.47. The lowest BCUT2D eigenvalue weighted by Crippen LogP contribution is -2.13. The van der Waals surface area contributed by atoms with Crippen LogP contribution in [-0.2, 0) is 31.5 Å². The average molecular weight is 259 g/mol. The predicted octanol–water partition coefficient (Wildman–Crippen LogP) is 2.16. The second-order valence-electron chi connectivity index (χ2n) is 4.73. The molecule has 0 aliphatic carbocycles. The van der Waals surface area contributed by atoms with Gasteiger partial charge in [-0.3, -0.25) is 4.68 Å². The van der Waals surface area contributed by atoms with Crippen molar-refractivity contribution in [1.82, 2.24) is 15.1 Å². The van der Waals surface area contributed by atoms with Gasteiger partial charge in [-0.05, 0) is 18.1 Å². The monoisotopic (exact) mass is 259 g/mol. The third kappa shape index (κ3) is 3.66. The number of methoxy groups -OCH3 is 1. The summed E-state index contributed by atoms with van der Waals surface area (Å²) in [7, 11) is 3.68. The summed E-state index contributed by atoms with van der Waals surface area (Å²) in [5.41, 5.74) is 4.94. The van der Waals surface area contributed by atoms with E-state index in [1.54, 1.807) is 7.11 Å². The van der Waals surface area contributed by atoms with Crippen LogP contribution in [-0.4, -0.2) is 16.9 Å². The minimum atomic E-state index is 0.669. The maximum atomic E-state index is 5.10. The molecule has 0 aliphatic rings. The van der Waals surface area contributed by atoms with Crippen LogP contribution < -0.4 is 5.32 Å². The number of ether oxygens (including phenoxy) is 1. The molecule has 0 unspecified atom stereocenters. The fourth-order valence-corrected chi connectivity index (χ4v) is 1.98. The van der Waals surface area contributed by atoms with Crippen LogP contribution in [0.2, 0.25) is 0 Å². The highest BCUT2D eigenvalue weighted by molar-refractivity contribution is 5.22. The van der Waals surface area contributed by atoms with Crippen LogP contribution in [0.25, 0.3) is 0 Å². The zero-order valence-corrected chi connectivity index (χ0v) is 11.8. The van der Waals surface area contributed by atoms with E-state index in [2.05, 4.69) is 41.6 Å². The molecule has 2 aromatic rings. The van der Waals surface area contributed by atoms with E-state index < -0.39 is 0 Å². The zero-order chi connectivity index (χ0) is 13.7. The number of nitrogens with zero attached hydrogens (tertiary/aromatic N) is 2. The van der Waals surface area contributed by atoms with Crippen LogP contribution in [0.15, 0.2) is 30.5 Å². The molecule has 4 heteroatoms. The molecule has 0 spiro atoms. The molecule has 0 saturated heterocycles. The van der Waals surface area contributed by atoms with Crippen molar-refractivity contribution in [3.05, 3.63) is 52.8 Å². The lowest BCUT2D eigenvalue weighted by atomic mass is 10.1. The summed E-state index contributed by atoms with van der Waals surface area (Å²) in [6, 6.07) is 8.49. The third-order valence-electron chi connectivity index (χ3n) is 3.32. The molecule has 4 nitrogen and oxygen atoms in total. The number of hydrogen-bond acceptors (Lipinski definition) is 3. The number of nitrogens with one attached hydrogen (secondary N) is 1. The molecule has 0 amide bonds. The van der Waals surface area contributed by atoms with Gasteiger partial charge in [-0.1, -0.05) is 24.3 Å². The predicted molar refractivity (Wildman–Crippen MR) is 75.6 cm³/mol. The van der Waals surface area contributed by atoms with Crippen LogP contribution in [0, 0.1) is 6.92 Å². The van der Waals surface area contributed by atoms with Gasteiger partial charge in [-0.15, -0.1) is 0 Å². The molecule has 0 aliphatic heterocycles. The molecule has 19 heavy (non-hydrogen) atoms. The van der Waals surface area contributed by atoms with E-state index in [0.29, 0.717) is 6.61 Å². The maximum absolute atomic E-state index is 5.10. The largest absolute Gasteiger partial charge is 0.380 e. The Bertz CT molecular complexity index is 517. The van der Waals surface area contributed by atoms with E-state index in [-0.39, 0.29) is 0 Å². The Morgan fingerprint density at radius 1 is 1.16 bits per heavy atom. The molecule has 0 saturated carbocycles. The van der Waals surface area contributed by atoms with E-state index in [9.17, 15) is 0 Å². The Morgan fingerprint density at radius 3 is 2.42 bits per heavy atom. The van der Waals surface area contributed by atoms with Crippen LogP contribution >= 0.6 is 0 Å². The van der Waals surface area contributed by atoms with Crippen molar-refractivity contribution in [2.24, 2.45) is 7.05 Å². The van der Waals surface area contributed by atoms with Gasteiger partial charge in [0.25, 0.3) is 0 Å². The topological polar surface area (TPSA) is 39.1 Å². The highest BCUT2D eigenvalue weighted by Gasteiger charge is 2.02. The van der Waals surface area contributed by atoms with Gasteiger partial charge in [-0.25, -0.2) is 0 Å². The number of aryl methyl sites for hydroxylation is 1. The molecule has 1 aromatic carbocycles. The van der Waals surface area contributed by atoms with Gasteiger partial charge in [0.15, 0.2) is 0 Å². The number of rotatable bonds is 6. The minimum absolute atomic E-state index is 0.669. The van der Waals surface area contributed by atoms with Crippen molar-refractivity contribution in [2.45, 2.75) is 26.6 Å². The van der Waals surface area contributed by atoms with E-state index in [1.165, 1.54) is 22.4 Å². The van der Waals surface area contributed by atoms with Gasteiger partial charge < -0.3 is 10.1 Å². The quantitative estimate of drug-likeness (QED) is 0.864. The van der Waals surface area contributed by atoms with Crippen molar-refractivity contribution < 1.29 is 4.74 Å². The Kier molecular flexibility index (Phi) is 4.71. The average Bonchev–Trinajstić information content (AvgIpc) is 2.73.